The monoisotopic (exact) mass is 734 g/mol. The van der Waals surface area contributed by atoms with Crippen LogP contribution in [0.3, 0.4) is 0 Å². The number of hydrogen-bond acceptors (Lipinski definition) is 13. The van der Waals surface area contributed by atoms with Gasteiger partial charge in [-0.05, 0) is 69.0 Å². The number of pyridine rings is 4. The number of carbonyl (C=O) groups excluding carboxylic acids is 5. The highest BCUT2D eigenvalue weighted by atomic mass is 16.7. The molecule has 16 heteroatoms. The number of hydroxylamine groups is 2. The molecule has 0 aliphatic carbocycles. The van der Waals surface area contributed by atoms with Crippen LogP contribution in [-0.4, -0.2) is 96.0 Å². The molecule has 54 heavy (non-hydrogen) atoms. The minimum absolute atomic E-state index is 0.0259. The van der Waals surface area contributed by atoms with E-state index in [2.05, 4.69) is 5.32 Å². The topological polar surface area (TPSA) is 205 Å². The smallest absolute Gasteiger partial charge is 0.342 e. The lowest BCUT2D eigenvalue weighted by Crippen LogP contribution is -2.34. The van der Waals surface area contributed by atoms with Crippen molar-refractivity contribution in [3.8, 4) is 22.8 Å². The Hall–Kier alpha value is -6.26. The standard InChI is InChI=1S/C38H38N8O8/c1-44-19-25-6-3-8-29(40-25)30-9-4-7-26(41-30)20-45(2)22-28-15-24(38(52)53)17-32(43-28)31-16-23(14-27(21-44)42-31)33(47)10-5-13-39-34(48)18-37(51)54-46-35(49)11-12-36(46)50/h3-4,6-9,14-17H,5,10-13,18-22H2,1-2H3,(H,39,48)(H,52,53). The van der Waals surface area contributed by atoms with Crippen molar-refractivity contribution in [2.45, 2.75) is 58.3 Å². The van der Waals surface area contributed by atoms with Crippen LogP contribution in [0.25, 0.3) is 22.8 Å². The summed E-state index contributed by atoms with van der Waals surface area (Å²) in [6, 6.07) is 17.8. The molecule has 4 aromatic rings. The Morgan fingerprint density at radius 3 is 1.76 bits per heavy atom. The maximum absolute atomic E-state index is 13.6. The van der Waals surface area contributed by atoms with Crippen molar-refractivity contribution in [2.24, 2.45) is 0 Å². The van der Waals surface area contributed by atoms with Crippen molar-refractivity contribution in [2.75, 3.05) is 20.6 Å². The molecule has 3 amide bonds. The number of carbonyl (C=O) groups is 6. The molecule has 6 heterocycles. The van der Waals surface area contributed by atoms with Gasteiger partial charge in [0.15, 0.2) is 5.78 Å². The van der Waals surface area contributed by atoms with Gasteiger partial charge in [0.1, 0.15) is 6.42 Å². The van der Waals surface area contributed by atoms with Gasteiger partial charge < -0.3 is 15.3 Å². The van der Waals surface area contributed by atoms with Gasteiger partial charge in [0.25, 0.3) is 11.8 Å². The first kappa shape index (κ1) is 37.5. The average molecular weight is 735 g/mol. The molecular weight excluding hydrogens is 696 g/mol. The summed E-state index contributed by atoms with van der Waals surface area (Å²) in [4.78, 5) is 101. The average Bonchev–Trinajstić information content (AvgIpc) is 3.44. The maximum Gasteiger partial charge on any atom is 0.342 e. The summed E-state index contributed by atoms with van der Waals surface area (Å²) in [7, 11) is 3.79. The molecule has 2 aliphatic rings. The molecule has 0 aromatic carbocycles. The van der Waals surface area contributed by atoms with Crippen molar-refractivity contribution in [3.05, 3.63) is 94.6 Å². The molecule has 1 fully saturated rings. The van der Waals surface area contributed by atoms with Crippen LogP contribution in [0.4, 0.5) is 0 Å². The minimum atomic E-state index is -1.13. The molecule has 8 bridgehead atoms. The Bertz CT molecular complexity index is 2120. The summed E-state index contributed by atoms with van der Waals surface area (Å²) < 4.78 is 0. The minimum Gasteiger partial charge on any atom is -0.478 e. The second-order valence-electron chi connectivity index (χ2n) is 13.2. The molecule has 2 aliphatic heterocycles. The predicted octanol–water partition coefficient (Wildman–Crippen LogP) is 2.95. The molecule has 4 aromatic heterocycles. The van der Waals surface area contributed by atoms with Gasteiger partial charge in [-0.25, -0.2) is 29.5 Å². The van der Waals surface area contributed by atoms with Gasteiger partial charge in [0, 0.05) is 57.5 Å². The largest absolute Gasteiger partial charge is 0.478 e. The van der Waals surface area contributed by atoms with Crippen LogP contribution in [0, 0.1) is 0 Å². The van der Waals surface area contributed by atoms with Crippen LogP contribution in [0.15, 0.2) is 60.7 Å². The van der Waals surface area contributed by atoms with Gasteiger partial charge in [0.05, 0.1) is 51.1 Å². The first-order valence-corrected chi connectivity index (χ1v) is 17.3. The van der Waals surface area contributed by atoms with Gasteiger partial charge >= 0.3 is 11.9 Å². The van der Waals surface area contributed by atoms with Crippen LogP contribution >= 0.6 is 0 Å². The quantitative estimate of drug-likeness (QED) is 0.110. The zero-order valence-corrected chi connectivity index (χ0v) is 29.8. The number of carboxylic acids is 1. The molecule has 6 rings (SSSR count). The molecule has 278 valence electrons. The lowest BCUT2D eigenvalue weighted by Gasteiger charge is -2.19. The third-order valence-electron chi connectivity index (χ3n) is 8.60. The number of imide groups is 1. The summed E-state index contributed by atoms with van der Waals surface area (Å²) >= 11 is 0. The van der Waals surface area contributed by atoms with Gasteiger partial charge in [-0.2, -0.15) is 0 Å². The predicted molar refractivity (Wildman–Crippen MR) is 191 cm³/mol. The third kappa shape index (κ3) is 9.58. The summed E-state index contributed by atoms with van der Waals surface area (Å²) in [5, 5.41) is 12.9. The summed E-state index contributed by atoms with van der Waals surface area (Å²) in [5.74, 6) is -4.42. The highest BCUT2D eigenvalue weighted by molar-refractivity contribution is 6.03. The van der Waals surface area contributed by atoms with Crippen molar-refractivity contribution in [1.82, 2.24) is 40.1 Å². The van der Waals surface area contributed by atoms with E-state index in [4.69, 9.17) is 24.8 Å². The molecule has 0 spiro atoms. The zero-order valence-electron chi connectivity index (χ0n) is 29.8. The van der Waals surface area contributed by atoms with E-state index in [0.717, 1.165) is 22.8 Å². The fraction of sp³-hybridized carbons (Fsp3) is 0.316. The first-order chi connectivity index (χ1) is 25.9. The van der Waals surface area contributed by atoms with E-state index in [1.807, 2.05) is 60.3 Å². The summed E-state index contributed by atoms with van der Waals surface area (Å²) in [5.41, 5.74) is 5.10. The number of ketones is 1. The van der Waals surface area contributed by atoms with Gasteiger partial charge in [-0.3, -0.25) is 29.0 Å². The van der Waals surface area contributed by atoms with Crippen LogP contribution in [0.1, 0.15) is 75.6 Å². The second kappa shape index (κ2) is 16.6. The molecular formula is C38H38N8O8. The van der Waals surface area contributed by atoms with E-state index in [9.17, 15) is 33.9 Å². The Labute approximate surface area is 310 Å². The molecule has 0 saturated carbocycles. The van der Waals surface area contributed by atoms with Gasteiger partial charge in [-0.15, -0.1) is 5.06 Å². The van der Waals surface area contributed by atoms with Gasteiger partial charge in [-0.1, -0.05) is 12.1 Å². The molecule has 1 saturated heterocycles. The van der Waals surface area contributed by atoms with Crippen LogP contribution in [0.2, 0.25) is 0 Å². The van der Waals surface area contributed by atoms with Crippen molar-refractivity contribution in [3.63, 3.8) is 0 Å². The third-order valence-corrected chi connectivity index (χ3v) is 8.60. The normalized spacial score (nSPS) is 15.0. The number of aromatic nitrogens is 4. The Balaban J connectivity index is 1.22. The lowest BCUT2D eigenvalue weighted by molar-refractivity contribution is -0.197. The molecule has 2 N–H and O–H groups in total. The number of aromatic carboxylic acids is 1. The number of fused-ring (bicyclic) bond motifs is 10. The first-order valence-electron chi connectivity index (χ1n) is 17.3. The van der Waals surface area contributed by atoms with E-state index < -0.39 is 36.1 Å². The Kier molecular flexibility index (Phi) is 11.5. The summed E-state index contributed by atoms with van der Waals surface area (Å²) in [6.45, 7) is 1.61. The number of carboxylic acid groups (broad SMARTS) is 1. The maximum atomic E-state index is 13.6. The molecule has 0 unspecified atom stereocenters. The van der Waals surface area contributed by atoms with Gasteiger partial charge in [0.2, 0.25) is 5.91 Å². The highest BCUT2D eigenvalue weighted by Gasteiger charge is 2.33. The number of amides is 3. The highest BCUT2D eigenvalue weighted by Crippen LogP contribution is 2.24. The van der Waals surface area contributed by atoms with Crippen LogP contribution in [-0.2, 0) is 50.2 Å². The number of rotatable bonds is 9. The van der Waals surface area contributed by atoms with Crippen LogP contribution in [0.5, 0.6) is 0 Å². The van der Waals surface area contributed by atoms with E-state index >= 15 is 0 Å². The van der Waals surface area contributed by atoms with E-state index in [1.165, 1.54) is 12.1 Å². The Morgan fingerprint density at radius 2 is 1.20 bits per heavy atom. The van der Waals surface area contributed by atoms with E-state index in [-0.39, 0.29) is 43.6 Å². The van der Waals surface area contributed by atoms with E-state index in [0.29, 0.717) is 59.6 Å². The molecule has 0 atom stereocenters. The number of hydrogen-bond donors (Lipinski definition) is 2. The molecule has 0 radical (unpaired) electrons. The van der Waals surface area contributed by atoms with Crippen molar-refractivity contribution in [1.29, 1.82) is 0 Å². The van der Waals surface area contributed by atoms with Crippen molar-refractivity contribution >= 4 is 35.4 Å². The second-order valence-corrected chi connectivity index (χ2v) is 13.2. The number of nitrogens with zero attached hydrogens (tertiary/aromatic N) is 7. The number of nitrogens with one attached hydrogen (secondary N) is 1. The van der Waals surface area contributed by atoms with Crippen molar-refractivity contribution < 1.29 is 38.7 Å². The van der Waals surface area contributed by atoms with Crippen LogP contribution < -0.4 is 5.32 Å². The lowest BCUT2D eigenvalue weighted by atomic mass is 10.0. The Morgan fingerprint density at radius 1 is 0.704 bits per heavy atom. The molecule has 16 nitrogen and oxygen atoms in total. The van der Waals surface area contributed by atoms with E-state index in [1.54, 1.807) is 12.1 Å². The zero-order chi connectivity index (χ0) is 38.4. The SMILES string of the molecule is CN1Cc2cccc(n2)-c2cccc(n2)CN(C)Cc2cc(C(=O)CCCNC(=O)CC(=O)ON3C(=O)CCC3=O)cc(n2)-c2cc(C(=O)O)cc(n2)C1. The fourth-order valence-corrected chi connectivity index (χ4v) is 6.13. The summed E-state index contributed by atoms with van der Waals surface area (Å²) in [6.07, 6.45) is -0.569. The fourth-order valence-electron chi connectivity index (χ4n) is 6.13. The number of Topliss-reactive ketones (excluding diaryl/α,β-unsaturated/α-hetero) is 1.